The molecular formula is C14H25BN5Na. The maximum Gasteiger partial charge on any atom is 1.00 e. The molecule has 0 radical (unpaired) electrons. The molecule has 1 fully saturated rings. The molecule has 1 aliphatic rings. The van der Waals surface area contributed by atoms with Gasteiger partial charge in [0.1, 0.15) is 0 Å². The normalized spacial score (nSPS) is 13.3. The summed E-state index contributed by atoms with van der Waals surface area (Å²) in [4.78, 5) is 9.32. The summed E-state index contributed by atoms with van der Waals surface area (Å²) in [6.07, 6.45) is 1.89. The zero-order valence-corrected chi connectivity index (χ0v) is 14.8. The van der Waals surface area contributed by atoms with Crippen LogP contribution in [0.5, 0.6) is 0 Å². The van der Waals surface area contributed by atoms with Crippen molar-refractivity contribution in [3.63, 3.8) is 0 Å². The number of hydrogen-bond acceptors (Lipinski definition) is 5. The van der Waals surface area contributed by atoms with Crippen molar-refractivity contribution >= 4 is 19.4 Å². The van der Waals surface area contributed by atoms with E-state index in [0.29, 0.717) is 0 Å². The van der Waals surface area contributed by atoms with Gasteiger partial charge in [-0.2, -0.15) is 5.97 Å². The first-order chi connectivity index (χ1) is 9.78. The number of anilines is 2. The number of nitriles is 1. The van der Waals surface area contributed by atoms with Crippen LogP contribution in [0, 0.1) is 11.2 Å². The molecule has 7 heteroatoms. The number of pyridine rings is 1. The van der Waals surface area contributed by atoms with E-state index in [1.807, 2.05) is 18.2 Å². The molecule has 0 spiro atoms. The van der Waals surface area contributed by atoms with Gasteiger partial charge >= 0.3 is 29.6 Å². The van der Waals surface area contributed by atoms with Gasteiger partial charge in [-0.1, -0.05) is 0 Å². The van der Waals surface area contributed by atoms with E-state index in [2.05, 4.69) is 40.0 Å². The van der Waals surface area contributed by atoms with E-state index >= 15 is 0 Å². The predicted octanol–water partition coefficient (Wildman–Crippen LogP) is -2.83. The van der Waals surface area contributed by atoms with E-state index in [9.17, 15) is 0 Å². The summed E-state index contributed by atoms with van der Waals surface area (Å²) in [6, 6.07) is 4.21. The van der Waals surface area contributed by atoms with Gasteiger partial charge in [-0.05, 0) is 26.0 Å². The van der Waals surface area contributed by atoms with Crippen molar-refractivity contribution in [1.82, 2.24) is 10.3 Å². The van der Waals surface area contributed by atoms with Crippen molar-refractivity contribution in [3.05, 3.63) is 18.3 Å². The van der Waals surface area contributed by atoms with E-state index in [-0.39, 0.29) is 37.4 Å². The number of hydrogen-bond donors (Lipinski definition) is 1. The van der Waals surface area contributed by atoms with Gasteiger partial charge in [0, 0.05) is 45.5 Å². The van der Waals surface area contributed by atoms with Crippen LogP contribution in [0.2, 0.25) is 0 Å². The molecule has 1 aromatic heterocycles. The van der Waals surface area contributed by atoms with Crippen molar-refractivity contribution in [2.45, 2.75) is 13.8 Å². The average Bonchev–Trinajstić information content (AvgIpc) is 2.51. The molecule has 2 heterocycles. The van der Waals surface area contributed by atoms with E-state index in [0.717, 1.165) is 45.1 Å². The summed E-state index contributed by atoms with van der Waals surface area (Å²) < 4.78 is 0. The largest absolute Gasteiger partial charge is 1.00 e. The smallest absolute Gasteiger partial charge is 0.369 e. The van der Waals surface area contributed by atoms with Crippen molar-refractivity contribution in [2.75, 3.05) is 49.1 Å². The summed E-state index contributed by atoms with van der Waals surface area (Å²) in [7, 11) is 0.0694. The third-order valence-electron chi connectivity index (χ3n) is 3.29. The van der Waals surface area contributed by atoms with Crippen molar-refractivity contribution in [1.29, 1.82) is 5.26 Å². The van der Waals surface area contributed by atoms with Gasteiger partial charge in [0.2, 0.25) is 0 Å². The molecule has 0 atom stereocenters. The van der Waals surface area contributed by atoms with E-state index in [1.54, 1.807) is 0 Å². The van der Waals surface area contributed by atoms with Gasteiger partial charge in [-0.25, -0.2) is 4.98 Å². The van der Waals surface area contributed by atoms with Gasteiger partial charge in [-0.3, -0.25) is 5.26 Å². The molecule has 21 heavy (non-hydrogen) atoms. The van der Waals surface area contributed by atoms with E-state index in [1.165, 1.54) is 5.69 Å². The Morgan fingerprint density at radius 3 is 2.48 bits per heavy atom. The van der Waals surface area contributed by atoms with Crippen molar-refractivity contribution < 1.29 is 29.6 Å². The number of aromatic nitrogens is 1. The van der Waals surface area contributed by atoms with Crippen LogP contribution in [0.4, 0.5) is 11.5 Å². The van der Waals surface area contributed by atoms with Crippen LogP contribution in [-0.2, 0) is 0 Å². The van der Waals surface area contributed by atoms with Crippen LogP contribution < -0.4 is 44.7 Å². The second kappa shape index (κ2) is 11.9. The van der Waals surface area contributed by atoms with Gasteiger partial charge in [0.15, 0.2) is 5.82 Å². The Hall–Kier alpha value is -0.735. The summed E-state index contributed by atoms with van der Waals surface area (Å²) in [6.45, 7) is 10.6. The molecule has 0 aliphatic carbocycles. The Kier molecular flexibility index (Phi) is 11.5. The first-order valence-electron chi connectivity index (χ1n) is 6.74. The summed E-state index contributed by atoms with van der Waals surface area (Å²) >= 11 is 0. The number of nitrogens with one attached hydrogen (secondary N) is 1. The molecule has 110 valence electrons. The van der Waals surface area contributed by atoms with Gasteiger partial charge in [-0.15, -0.1) is 0 Å². The van der Waals surface area contributed by atoms with Crippen molar-refractivity contribution in [2.24, 2.45) is 0 Å². The fourth-order valence-corrected chi connectivity index (χ4v) is 2.32. The Bertz CT molecular complexity index is 428. The molecular weight excluding hydrogens is 272 g/mol. The standard InChI is InChI=1S/C13H22N4.CH3BN.Na/c1-3-16(4-2)12-6-5-7-15-13(12)17-10-8-14-9-11-17;2-1-3;/h5-7,14H,3-4,8-11H2,1-2H3;2H3;/q;-1;+1. The summed E-state index contributed by atoms with van der Waals surface area (Å²) in [5.74, 6) is 3.14. The SMILES string of the molecule is CCN(CC)c1cccnc1N1CCNCC1.[BH3-]C#N.[Na+]. The van der Waals surface area contributed by atoms with Crippen LogP contribution in [0.15, 0.2) is 18.3 Å². The Labute approximate surface area is 151 Å². The molecule has 0 amide bonds. The zero-order chi connectivity index (χ0) is 14.8. The maximum atomic E-state index is 7.43. The van der Waals surface area contributed by atoms with Crippen LogP contribution in [0.3, 0.4) is 0 Å². The van der Waals surface area contributed by atoms with E-state index < -0.39 is 0 Å². The monoisotopic (exact) mass is 297 g/mol. The molecule has 2 rings (SSSR count). The quantitative estimate of drug-likeness (QED) is 0.608. The number of piperazine rings is 1. The molecule has 0 bridgehead atoms. The molecule has 1 aliphatic heterocycles. The van der Waals surface area contributed by atoms with E-state index in [4.69, 9.17) is 5.26 Å². The Morgan fingerprint density at radius 2 is 1.95 bits per heavy atom. The first-order valence-corrected chi connectivity index (χ1v) is 6.74. The predicted molar refractivity (Wildman–Crippen MR) is 88.4 cm³/mol. The van der Waals surface area contributed by atoms with Crippen LogP contribution in [0.1, 0.15) is 13.8 Å². The summed E-state index contributed by atoms with van der Waals surface area (Å²) in [5, 5.41) is 10.8. The third kappa shape index (κ3) is 6.27. The molecule has 1 saturated heterocycles. The topological polar surface area (TPSA) is 55.2 Å². The fraction of sp³-hybridized carbons (Fsp3) is 0.571. The van der Waals surface area contributed by atoms with Crippen molar-refractivity contribution in [3.8, 4) is 5.97 Å². The second-order valence-electron chi connectivity index (χ2n) is 4.26. The molecule has 0 aromatic carbocycles. The fourth-order valence-electron chi connectivity index (χ4n) is 2.32. The molecule has 1 aromatic rings. The minimum Gasteiger partial charge on any atom is -0.369 e. The Morgan fingerprint density at radius 1 is 1.38 bits per heavy atom. The second-order valence-corrected chi connectivity index (χ2v) is 4.26. The average molecular weight is 297 g/mol. The van der Waals surface area contributed by atoms with Gasteiger partial charge < -0.3 is 15.1 Å². The van der Waals surface area contributed by atoms with Crippen LogP contribution in [0.25, 0.3) is 0 Å². The third-order valence-corrected chi connectivity index (χ3v) is 3.29. The first kappa shape index (κ1) is 20.3. The summed E-state index contributed by atoms with van der Waals surface area (Å²) in [5.41, 5.74) is 1.26. The Balaban J connectivity index is 0.000000922. The minimum absolute atomic E-state index is 0. The number of rotatable bonds is 4. The number of nitrogens with zero attached hydrogens (tertiary/aromatic N) is 4. The molecule has 5 nitrogen and oxygen atoms in total. The maximum absolute atomic E-state index is 7.43. The van der Waals surface area contributed by atoms with Gasteiger partial charge in [0.05, 0.1) is 13.5 Å². The van der Waals surface area contributed by atoms with Gasteiger partial charge in [0.25, 0.3) is 0 Å². The van der Waals surface area contributed by atoms with Crippen LogP contribution >= 0.6 is 0 Å². The molecule has 0 unspecified atom stereocenters. The molecule has 0 saturated carbocycles. The van der Waals surface area contributed by atoms with Crippen LogP contribution in [-0.4, -0.2) is 52.1 Å². The minimum atomic E-state index is 0. The molecule has 1 N–H and O–H groups in total. The zero-order valence-electron chi connectivity index (χ0n) is 12.8.